The Balaban J connectivity index is 3.00. The molecule has 0 aliphatic carbocycles. The van der Waals surface area contributed by atoms with Crippen LogP contribution in [0.2, 0.25) is 0 Å². The van der Waals surface area contributed by atoms with Gasteiger partial charge in [-0.15, -0.1) is 0 Å². The highest BCUT2D eigenvalue weighted by molar-refractivity contribution is 7.80. The van der Waals surface area contributed by atoms with Gasteiger partial charge in [0.2, 0.25) is 5.91 Å². The molecule has 1 heterocycles. The maximum atomic E-state index is 13.1. The van der Waals surface area contributed by atoms with E-state index in [-0.39, 0.29) is 5.91 Å². The topological polar surface area (TPSA) is 46.3 Å². The molecule has 2 N–H and O–H groups in total. The van der Waals surface area contributed by atoms with Gasteiger partial charge in [0, 0.05) is 13.1 Å². The van der Waals surface area contributed by atoms with Gasteiger partial charge >= 0.3 is 0 Å². The van der Waals surface area contributed by atoms with Crippen molar-refractivity contribution in [1.82, 2.24) is 4.90 Å². The summed E-state index contributed by atoms with van der Waals surface area (Å²) in [6.45, 7) is 10.3. The van der Waals surface area contributed by atoms with Crippen LogP contribution in [0.15, 0.2) is 0 Å². The number of thiocarbonyl (C=S) groups is 1. The fourth-order valence-electron chi connectivity index (χ4n) is 3.68. The van der Waals surface area contributed by atoms with Gasteiger partial charge in [-0.3, -0.25) is 4.79 Å². The second-order valence-electron chi connectivity index (χ2n) is 6.60. The van der Waals surface area contributed by atoms with E-state index in [1.54, 1.807) is 0 Å². The van der Waals surface area contributed by atoms with Gasteiger partial charge in [-0.05, 0) is 31.1 Å². The Kier molecular flexibility index (Phi) is 6.44. The van der Waals surface area contributed by atoms with Gasteiger partial charge in [0.25, 0.3) is 0 Å². The third-order valence-corrected chi connectivity index (χ3v) is 4.78. The Morgan fingerprint density at radius 1 is 1.20 bits per heavy atom. The van der Waals surface area contributed by atoms with E-state index in [4.69, 9.17) is 18.0 Å². The molecule has 116 valence electrons. The number of nitrogens with two attached hydrogens (primary N) is 1. The summed E-state index contributed by atoms with van der Waals surface area (Å²) >= 11 is 5.29. The van der Waals surface area contributed by atoms with Gasteiger partial charge in [-0.2, -0.15) is 0 Å². The minimum Gasteiger partial charge on any atom is -0.392 e. The van der Waals surface area contributed by atoms with Crippen molar-refractivity contribution in [2.75, 3.05) is 13.1 Å². The molecule has 4 heteroatoms. The van der Waals surface area contributed by atoms with Crippen molar-refractivity contribution < 1.29 is 4.79 Å². The molecule has 0 aromatic rings. The van der Waals surface area contributed by atoms with Crippen molar-refractivity contribution >= 4 is 23.1 Å². The quantitative estimate of drug-likeness (QED) is 0.765. The first-order valence-electron chi connectivity index (χ1n) is 7.96. The molecule has 3 nitrogen and oxygen atoms in total. The van der Waals surface area contributed by atoms with Crippen LogP contribution in [0.25, 0.3) is 0 Å². The van der Waals surface area contributed by atoms with Gasteiger partial charge in [0.1, 0.15) is 0 Å². The summed E-state index contributed by atoms with van der Waals surface area (Å²) in [6.07, 6.45) is 4.61. The first-order chi connectivity index (χ1) is 9.37. The third kappa shape index (κ3) is 3.72. The average Bonchev–Trinajstić information content (AvgIpc) is 2.36. The maximum absolute atomic E-state index is 13.1. The van der Waals surface area contributed by atoms with Crippen LogP contribution in [0.1, 0.15) is 59.8 Å². The molecule has 1 rings (SSSR count). The van der Waals surface area contributed by atoms with Crippen molar-refractivity contribution in [2.24, 2.45) is 23.0 Å². The van der Waals surface area contributed by atoms with E-state index in [0.717, 1.165) is 38.8 Å². The number of likely N-dealkylation sites (tertiary alicyclic amines) is 1. The first kappa shape index (κ1) is 17.4. The Morgan fingerprint density at radius 3 is 2.00 bits per heavy atom. The zero-order valence-electron chi connectivity index (χ0n) is 13.4. The lowest BCUT2D eigenvalue weighted by Crippen LogP contribution is -2.54. The highest BCUT2D eigenvalue weighted by Crippen LogP contribution is 2.35. The normalized spacial score (nSPS) is 23.7. The van der Waals surface area contributed by atoms with Crippen LogP contribution in [0.3, 0.4) is 0 Å². The van der Waals surface area contributed by atoms with Crippen molar-refractivity contribution in [1.29, 1.82) is 0 Å². The summed E-state index contributed by atoms with van der Waals surface area (Å²) in [5.41, 5.74) is 5.39. The summed E-state index contributed by atoms with van der Waals surface area (Å²) in [7, 11) is 0. The molecule has 2 atom stereocenters. The Labute approximate surface area is 129 Å². The van der Waals surface area contributed by atoms with E-state index < -0.39 is 5.41 Å². The van der Waals surface area contributed by atoms with Crippen LogP contribution >= 0.6 is 12.2 Å². The molecule has 1 aliphatic rings. The third-order valence-electron chi connectivity index (χ3n) is 4.39. The van der Waals surface area contributed by atoms with Crippen molar-refractivity contribution in [2.45, 2.75) is 59.8 Å². The second-order valence-corrected chi connectivity index (χ2v) is 7.04. The summed E-state index contributed by atoms with van der Waals surface area (Å²) < 4.78 is 0. The van der Waals surface area contributed by atoms with Crippen LogP contribution in [0.5, 0.6) is 0 Å². The Bertz CT molecular complexity index is 340. The van der Waals surface area contributed by atoms with Crippen molar-refractivity contribution in [3.05, 3.63) is 0 Å². The SMILES string of the molecule is CCCC(CCC)(C(=O)N1CC(C)CC(C)C1)C(N)=S. The van der Waals surface area contributed by atoms with Crippen LogP contribution in [-0.4, -0.2) is 28.9 Å². The number of amides is 1. The molecule has 0 spiro atoms. The lowest BCUT2D eigenvalue weighted by molar-refractivity contribution is -0.141. The van der Waals surface area contributed by atoms with Crippen LogP contribution in [0, 0.1) is 17.3 Å². The molecule has 0 bridgehead atoms. The minimum atomic E-state index is -0.615. The molecule has 20 heavy (non-hydrogen) atoms. The van der Waals surface area contributed by atoms with Gasteiger partial charge in [0.05, 0.1) is 10.4 Å². The van der Waals surface area contributed by atoms with E-state index in [1.165, 1.54) is 6.42 Å². The van der Waals surface area contributed by atoms with Crippen LogP contribution in [-0.2, 0) is 4.79 Å². The van der Waals surface area contributed by atoms with Gasteiger partial charge in [-0.25, -0.2) is 0 Å². The monoisotopic (exact) mass is 298 g/mol. The van der Waals surface area contributed by atoms with Gasteiger partial charge < -0.3 is 10.6 Å². The van der Waals surface area contributed by atoms with E-state index in [9.17, 15) is 4.79 Å². The number of carbonyl (C=O) groups is 1. The molecular weight excluding hydrogens is 268 g/mol. The summed E-state index contributed by atoms with van der Waals surface area (Å²) in [5, 5.41) is 0. The summed E-state index contributed by atoms with van der Waals surface area (Å²) in [4.78, 5) is 15.5. The Morgan fingerprint density at radius 2 is 1.65 bits per heavy atom. The fourth-order valence-corrected chi connectivity index (χ4v) is 3.97. The first-order valence-corrected chi connectivity index (χ1v) is 8.37. The number of hydrogen-bond donors (Lipinski definition) is 1. The zero-order chi connectivity index (χ0) is 15.3. The van der Waals surface area contributed by atoms with Crippen LogP contribution in [0.4, 0.5) is 0 Å². The predicted molar refractivity (Wildman–Crippen MR) is 88.6 cm³/mol. The fraction of sp³-hybridized carbons (Fsp3) is 0.875. The molecule has 0 aromatic heterocycles. The lowest BCUT2D eigenvalue weighted by atomic mass is 9.76. The molecule has 2 unspecified atom stereocenters. The lowest BCUT2D eigenvalue weighted by Gasteiger charge is -2.41. The van der Waals surface area contributed by atoms with E-state index in [1.807, 2.05) is 4.90 Å². The van der Waals surface area contributed by atoms with Crippen LogP contribution < -0.4 is 5.73 Å². The molecule has 1 aliphatic heterocycles. The Hall–Kier alpha value is -0.640. The molecule has 1 saturated heterocycles. The summed E-state index contributed by atoms with van der Waals surface area (Å²) in [6, 6.07) is 0. The standard InChI is InChI=1S/C16H30N2OS/c1-5-7-16(8-6-2,14(17)20)15(19)18-10-12(3)9-13(4)11-18/h12-13H,5-11H2,1-4H3,(H2,17,20). The second kappa shape index (κ2) is 7.39. The highest BCUT2D eigenvalue weighted by Gasteiger charge is 2.43. The number of hydrogen-bond acceptors (Lipinski definition) is 2. The predicted octanol–water partition coefficient (Wildman–Crippen LogP) is 3.36. The molecule has 0 radical (unpaired) electrons. The molecule has 0 aromatic carbocycles. The smallest absolute Gasteiger partial charge is 0.235 e. The molecule has 1 fully saturated rings. The molecular formula is C16H30N2OS. The zero-order valence-corrected chi connectivity index (χ0v) is 14.3. The van der Waals surface area contributed by atoms with Crippen molar-refractivity contribution in [3.8, 4) is 0 Å². The maximum Gasteiger partial charge on any atom is 0.235 e. The van der Waals surface area contributed by atoms with Gasteiger partial charge in [0.15, 0.2) is 0 Å². The van der Waals surface area contributed by atoms with Gasteiger partial charge in [-0.1, -0.05) is 52.8 Å². The van der Waals surface area contributed by atoms with E-state index in [0.29, 0.717) is 16.8 Å². The number of piperidine rings is 1. The van der Waals surface area contributed by atoms with E-state index >= 15 is 0 Å². The summed E-state index contributed by atoms with van der Waals surface area (Å²) in [5.74, 6) is 1.30. The number of carbonyl (C=O) groups excluding carboxylic acids is 1. The number of rotatable bonds is 6. The van der Waals surface area contributed by atoms with E-state index in [2.05, 4.69) is 27.7 Å². The average molecular weight is 298 g/mol. The van der Waals surface area contributed by atoms with Crippen molar-refractivity contribution in [3.63, 3.8) is 0 Å². The molecule has 1 amide bonds. The number of nitrogens with zero attached hydrogens (tertiary/aromatic N) is 1. The molecule has 0 saturated carbocycles. The minimum absolute atomic E-state index is 0.173. The largest absolute Gasteiger partial charge is 0.392 e. The highest BCUT2D eigenvalue weighted by atomic mass is 32.1.